The van der Waals surface area contributed by atoms with Crippen LogP contribution in [0, 0.1) is 6.92 Å². The minimum absolute atomic E-state index is 0.136. The molecule has 1 amide bonds. The first-order chi connectivity index (χ1) is 10.3. The van der Waals surface area contributed by atoms with Gasteiger partial charge in [0.15, 0.2) is 0 Å². The Bertz CT molecular complexity index is 633. The summed E-state index contributed by atoms with van der Waals surface area (Å²) in [6.07, 6.45) is 7.92. The molecule has 1 fully saturated rings. The summed E-state index contributed by atoms with van der Waals surface area (Å²) in [6.45, 7) is 1.81. The number of hydrogen-bond acceptors (Lipinski definition) is 3. The second kappa shape index (κ2) is 7.13. The van der Waals surface area contributed by atoms with E-state index >= 15 is 0 Å². The maximum absolute atomic E-state index is 12.4. The molecule has 1 aliphatic carbocycles. The maximum atomic E-state index is 12.4. The third kappa shape index (κ3) is 5.02. The van der Waals surface area contributed by atoms with Crippen LogP contribution in [0.3, 0.4) is 0 Å². The second-order valence-corrected chi connectivity index (χ2v) is 7.81. The molecule has 2 rings (SSSR count). The molecule has 1 aromatic carbocycles. The Labute approximate surface area is 132 Å². The van der Waals surface area contributed by atoms with E-state index in [0.717, 1.165) is 37.5 Å². The third-order valence-corrected chi connectivity index (χ3v) is 4.58. The van der Waals surface area contributed by atoms with Gasteiger partial charge in [-0.15, -0.1) is 0 Å². The molecule has 0 spiro atoms. The Morgan fingerprint density at radius 2 is 1.77 bits per heavy atom. The van der Waals surface area contributed by atoms with Gasteiger partial charge in [-0.1, -0.05) is 31.7 Å². The van der Waals surface area contributed by atoms with Crippen molar-refractivity contribution in [1.29, 1.82) is 0 Å². The van der Waals surface area contributed by atoms with Crippen molar-refractivity contribution in [2.45, 2.75) is 51.5 Å². The lowest BCUT2D eigenvalue weighted by atomic mass is 10.1. The van der Waals surface area contributed by atoms with Crippen LogP contribution in [0.5, 0.6) is 0 Å². The van der Waals surface area contributed by atoms with Crippen molar-refractivity contribution in [3.63, 3.8) is 0 Å². The van der Waals surface area contributed by atoms with Crippen molar-refractivity contribution in [3.05, 3.63) is 29.3 Å². The highest BCUT2D eigenvalue weighted by Gasteiger charge is 2.16. The minimum atomic E-state index is -3.36. The number of carbonyl (C=O) groups is 1. The molecule has 5 nitrogen and oxygen atoms in total. The minimum Gasteiger partial charge on any atom is -0.349 e. The van der Waals surface area contributed by atoms with Crippen molar-refractivity contribution in [2.75, 3.05) is 11.0 Å². The molecule has 1 saturated carbocycles. The molecule has 0 saturated heterocycles. The largest absolute Gasteiger partial charge is 0.349 e. The van der Waals surface area contributed by atoms with Crippen molar-refractivity contribution < 1.29 is 13.2 Å². The molecular weight excluding hydrogens is 300 g/mol. The summed E-state index contributed by atoms with van der Waals surface area (Å²) in [6, 6.07) is 5.31. The predicted octanol–water partition coefficient (Wildman–Crippen LogP) is 2.82. The molecule has 0 atom stereocenters. The molecule has 6 heteroatoms. The van der Waals surface area contributed by atoms with Gasteiger partial charge in [0.25, 0.3) is 5.91 Å². The average Bonchev–Trinajstić information content (AvgIpc) is 2.68. The van der Waals surface area contributed by atoms with Crippen LogP contribution in [0.1, 0.15) is 54.4 Å². The monoisotopic (exact) mass is 324 g/mol. The van der Waals surface area contributed by atoms with Crippen LogP contribution in [0.25, 0.3) is 0 Å². The highest BCUT2D eigenvalue weighted by Crippen LogP contribution is 2.20. The fourth-order valence-electron chi connectivity index (χ4n) is 2.77. The first-order valence-electron chi connectivity index (χ1n) is 7.74. The van der Waals surface area contributed by atoms with Crippen LogP contribution in [0.4, 0.5) is 5.69 Å². The van der Waals surface area contributed by atoms with Gasteiger partial charge < -0.3 is 5.32 Å². The SMILES string of the molecule is Cc1ccc(C(=O)NC2CCCCCC2)cc1NS(C)(=O)=O. The van der Waals surface area contributed by atoms with E-state index in [-0.39, 0.29) is 11.9 Å². The Hall–Kier alpha value is -1.56. The smallest absolute Gasteiger partial charge is 0.251 e. The molecule has 2 N–H and O–H groups in total. The van der Waals surface area contributed by atoms with Crippen molar-refractivity contribution >= 4 is 21.6 Å². The number of anilines is 1. The van der Waals surface area contributed by atoms with Crippen molar-refractivity contribution in [2.24, 2.45) is 0 Å². The molecule has 122 valence electrons. The van der Waals surface area contributed by atoms with Crippen LogP contribution in [0.2, 0.25) is 0 Å². The number of sulfonamides is 1. The fraction of sp³-hybridized carbons (Fsp3) is 0.562. The van der Waals surface area contributed by atoms with Gasteiger partial charge in [-0.3, -0.25) is 9.52 Å². The number of carbonyl (C=O) groups excluding carboxylic acids is 1. The van der Waals surface area contributed by atoms with Crippen LogP contribution >= 0.6 is 0 Å². The first-order valence-corrected chi connectivity index (χ1v) is 9.63. The van der Waals surface area contributed by atoms with E-state index in [0.29, 0.717) is 11.3 Å². The van der Waals surface area contributed by atoms with Crippen molar-refractivity contribution in [1.82, 2.24) is 5.32 Å². The topological polar surface area (TPSA) is 75.3 Å². The number of hydrogen-bond donors (Lipinski definition) is 2. The van der Waals surface area contributed by atoms with Crippen molar-refractivity contribution in [3.8, 4) is 0 Å². The molecule has 0 aliphatic heterocycles. The first kappa shape index (κ1) is 16.8. The van der Waals surface area contributed by atoms with E-state index in [1.807, 2.05) is 0 Å². The van der Waals surface area contributed by atoms with E-state index in [2.05, 4.69) is 10.0 Å². The summed E-state index contributed by atoms with van der Waals surface area (Å²) >= 11 is 0. The van der Waals surface area contributed by atoms with E-state index < -0.39 is 10.0 Å². The number of rotatable bonds is 4. The number of amides is 1. The van der Waals surface area contributed by atoms with Crippen LogP contribution < -0.4 is 10.0 Å². The molecule has 1 aromatic rings. The van der Waals surface area contributed by atoms with E-state index in [4.69, 9.17) is 0 Å². The summed E-state index contributed by atoms with van der Waals surface area (Å²) in [7, 11) is -3.36. The average molecular weight is 324 g/mol. The van der Waals surface area contributed by atoms with Gasteiger partial charge in [0, 0.05) is 11.6 Å². The maximum Gasteiger partial charge on any atom is 0.251 e. The van der Waals surface area contributed by atoms with E-state index in [9.17, 15) is 13.2 Å². The van der Waals surface area contributed by atoms with Crippen LogP contribution in [-0.2, 0) is 10.0 Å². The lowest BCUT2D eigenvalue weighted by molar-refractivity contribution is 0.0933. The lowest BCUT2D eigenvalue weighted by Gasteiger charge is -2.17. The molecule has 1 aliphatic rings. The molecule has 0 bridgehead atoms. The molecule has 0 aromatic heterocycles. The Kier molecular flexibility index (Phi) is 5.45. The van der Waals surface area contributed by atoms with Crippen LogP contribution in [0.15, 0.2) is 18.2 Å². The Balaban J connectivity index is 2.10. The molecule has 0 unspecified atom stereocenters. The highest BCUT2D eigenvalue weighted by atomic mass is 32.2. The van der Waals surface area contributed by atoms with Gasteiger partial charge in [0.1, 0.15) is 0 Å². The van der Waals surface area contributed by atoms with E-state index in [1.165, 1.54) is 12.8 Å². The standard InChI is InChI=1S/C16H24N2O3S/c1-12-9-10-13(11-15(12)18-22(2,20)21)16(19)17-14-7-5-3-4-6-8-14/h9-11,14,18H,3-8H2,1-2H3,(H,17,19). The zero-order valence-corrected chi connectivity index (χ0v) is 14.0. The Morgan fingerprint density at radius 1 is 1.14 bits per heavy atom. The zero-order valence-electron chi connectivity index (χ0n) is 13.2. The van der Waals surface area contributed by atoms with Gasteiger partial charge in [-0.25, -0.2) is 8.42 Å². The summed E-state index contributed by atoms with van der Waals surface area (Å²) in [5, 5.41) is 3.07. The second-order valence-electron chi connectivity index (χ2n) is 6.07. The molecule has 0 radical (unpaired) electrons. The fourth-order valence-corrected chi connectivity index (χ4v) is 3.38. The summed E-state index contributed by atoms with van der Waals surface area (Å²) < 4.78 is 25.2. The predicted molar refractivity (Wildman–Crippen MR) is 88.6 cm³/mol. The number of benzene rings is 1. The third-order valence-electron chi connectivity index (χ3n) is 3.99. The summed E-state index contributed by atoms with van der Waals surface area (Å²) in [5.74, 6) is -0.136. The van der Waals surface area contributed by atoms with Crippen LogP contribution in [-0.4, -0.2) is 26.6 Å². The molecular formula is C16H24N2O3S. The Morgan fingerprint density at radius 3 is 2.36 bits per heavy atom. The molecule has 22 heavy (non-hydrogen) atoms. The normalized spacial score (nSPS) is 16.8. The number of aryl methyl sites for hydroxylation is 1. The quantitative estimate of drug-likeness (QED) is 0.836. The lowest BCUT2D eigenvalue weighted by Crippen LogP contribution is -2.34. The van der Waals surface area contributed by atoms with Gasteiger partial charge >= 0.3 is 0 Å². The summed E-state index contributed by atoms with van der Waals surface area (Å²) in [5.41, 5.74) is 1.73. The van der Waals surface area contributed by atoms with E-state index in [1.54, 1.807) is 25.1 Å². The molecule has 0 heterocycles. The van der Waals surface area contributed by atoms with Gasteiger partial charge in [0.2, 0.25) is 10.0 Å². The highest BCUT2D eigenvalue weighted by molar-refractivity contribution is 7.92. The summed E-state index contributed by atoms with van der Waals surface area (Å²) in [4.78, 5) is 12.4. The van der Waals surface area contributed by atoms with Gasteiger partial charge in [-0.2, -0.15) is 0 Å². The number of nitrogens with one attached hydrogen (secondary N) is 2. The van der Waals surface area contributed by atoms with Gasteiger partial charge in [-0.05, 0) is 37.5 Å². The zero-order chi connectivity index (χ0) is 16.2. The van der Waals surface area contributed by atoms with Gasteiger partial charge in [0.05, 0.1) is 11.9 Å².